The maximum atomic E-state index is 12.4. The van der Waals surface area contributed by atoms with Crippen LogP contribution in [0.5, 0.6) is 0 Å². The number of hydrogen-bond acceptors (Lipinski definition) is 2. The highest BCUT2D eigenvalue weighted by atomic mass is 32.1. The van der Waals surface area contributed by atoms with Gasteiger partial charge in [0, 0.05) is 12.2 Å². The number of anilines is 1. The Morgan fingerprint density at radius 2 is 1.88 bits per heavy atom. The number of para-hydroxylation sites is 1. The summed E-state index contributed by atoms with van der Waals surface area (Å²) in [5, 5.41) is 0. The van der Waals surface area contributed by atoms with Gasteiger partial charge < -0.3 is 10.6 Å². The largest absolute Gasteiger partial charge is 0.392 e. The lowest BCUT2D eigenvalue weighted by molar-refractivity contribution is -0.123. The van der Waals surface area contributed by atoms with Gasteiger partial charge in [0.2, 0.25) is 5.91 Å². The Kier molecular flexibility index (Phi) is 4.23. The van der Waals surface area contributed by atoms with Crippen LogP contribution in [-0.4, -0.2) is 17.4 Å². The fourth-order valence-electron chi connectivity index (χ4n) is 1.49. The zero-order valence-electron chi connectivity index (χ0n) is 10.4. The Balaban J connectivity index is 3.05. The van der Waals surface area contributed by atoms with Crippen molar-refractivity contribution in [2.45, 2.75) is 20.8 Å². The van der Waals surface area contributed by atoms with Crippen molar-refractivity contribution < 1.29 is 4.79 Å². The lowest BCUT2D eigenvalue weighted by Crippen LogP contribution is -2.47. The minimum absolute atomic E-state index is 0.0706. The van der Waals surface area contributed by atoms with Crippen molar-refractivity contribution in [2.75, 3.05) is 11.4 Å². The molecule has 0 aliphatic carbocycles. The molecule has 0 radical (unpaired) electrons. The molecule has 92 valence electrons. The first-order valence-corrected chi connectivity index (χ1v) is 5.99. The molecule has 0 heterocycles. The zero-order valence-corrected chi connectivity index (χ0v) is 11.3. The number of hydrogen-bond donors (Lipinski definition) is 1. The Morgan fingerprint density at radius 3 is 2.29 bits per heavy atom. The van der Waals surface area contributed by atoms with Gasteiger partial charge in [-0.05, 0) is 32.9 Å². The smallest absolute Gasteiger partial charge is 0.239 e. The number of nitrogens with zero attached hydrogens (tertiary/aromatic N) is 1. The molecule has 0 saturated carbocycles. The number of thiocarbonyl (C=S) groups is 1. The second kappa shape index (κ2) is 5.27. The lowest BCUT2D eigenvalue weighted by atomic mass is 9.91. The first-order valence-electron chi connectivity index (χ1n) is 5.58. The summed E-state index contributed by atoms with van der Waals surface area (Å²) < 4.78 is 0. The molecule has 1 aromatic carbocycles. The minimum Gasteiger partial charge on any atom is -0.392 e. The van der Waals surface area contributed by atoms with Crippen molar-refractivity contribution in [1.29, 1.82) is 0 Å². The Labute approximate surface area is 108 Å². The molecule has 0 unspecified atom stereocenters. The van der Waals surface area contributed by atoms with Crippen LogP contribution in [0.3, 0.4) is 0 Å². The molecule has 0 atom stereocenters. The van der Waals surface area contributed by atoms with Gasteiger partial charge >= 0.3 is 0 Å². The molecule has 4 heteroatoms. The molecule has 1 amide bonds. The lowest BCUT2D eigenvalue weighted by Gasteiger charge is -2.30. The van der Waals surface area contributed by atoms with Gasteiger partial charge in [-0.2, -0.15) is 0 Å². The summed E-state index contributed by atoms with van der Waals surface area (Å²) in [5.41, 5.74) is 5.67. The molecule has 2 N–H and O–H groups in total. The third kappa shape index (κ3) is 2.82. The van der Waals surface area contributed by atoms with E-state index in [9.17, 15) is 4.79 Å². The summed E-state index contributed by atoms with van der Waals surface area (Å²) in [6, 6.07) is 9.52. The van der Waals surface area contributed by atoms with E-state index in [2.05, 4.69) is 0 Å². The van der Waals surface area contributed by atoms with Crippen molar-refractivity contribution in [3.8, 4) is 0 Å². The molecule has 0 aromatic heterocycles. The highest BCUT2D eigenvalue weighted by Gasteiger charge is 2.34. The van der Waals surface area contributed by atoms with Crippen LogP contribution in [0.4, 0.5) is 5.69 Å². The Bertz CT molecular complexity index is 415. The second-order valence-corrected chi connectivity index (χ2v) is 4.81. The first kappa shape index (κ1) is 13.6. The topological polar surface area (TPSA) is 46.3 Å². The van der Waals surface area contributed by atoms with E-state index in [4.69, 9.17) is 18.0 Å². The Morgan fingerprint density at radius 1 is 1.35 bits per heavy atom. The molecular weight excluding hydrogens is 232 g/mol. The van der Waals surface area contributed by atoms with Crippen LogP contribution in [0.25, 0.3) is 0 Å². The predicted octanol–water partition coefficient (Wildman–Crippen LogP) is 2.35. The van der Waals surface area contributed by atoms with E-state index < -0.39 is 5.41 Å². The third-order valence-corrected chi connectivity index (χ3v) is 3.29. The van der Waals surface area contributed by atoms with Crippen LogP contribution in [0.15, 0.2) is 30.3 Å². The van der Waals surface area contributed by atoms with E-state index in [1.807, 2.05) is 37.3 Å². The average Bonchev–Trinajstić information content (AvgIpc) is 2.31. The molecule has 0 aliphatic heterocycles. The van der Waals surface area contributed by atoms with Crippen LogP contribution in [-0.2, 0) is 4.79 Å². The highest BCUT2D eigenvalue weighted by Crippen LogP contribution is 2.23. The Hall–Kier alpha value is -1.42. The van der Waals surface area contributed by atoms with Crippen LogP contribution >= 0.6 is 12.2 Å². The molecule has 0 saturated heterocycles. The molecule has 1 rings (SSSR count). The van der Waals surface area contributed by atoms with Crippen LogP contribution < -0.4 is 10.6 Å². The maximum absolute atomic E-state index is 12.4. The summed E-state index contributed by atoms with van der Waals surface area (Å²) in [7, 11) is 0. The molecule has 1 aromatic rings. The minimum atomic E-state index is -0.818. The summed E-state index contributed by atoms with van der Waals surface area (Å²) in [6.45, 7) is 6.03. The van der Waals surface area contributed by atoms with Crippen molar-refractivity contribution in [1.82, 2.24) is 0 Å². The van der Waals surface area contributed by atoms with Crippen LogP contribution in [0.2, 0.25) is 0 Å². The van der Waals surface area contributed by atoms with Gasteiger partial charge in [-0.1, -0.05) is 30.4 Å². The van der Waals surface area contributed by atoms with Gasteiger partial charge in [-0.25, -0.2) is 0 Å². The van der Waals surface area contributed by atoms with E-state index in [0.29, 0.717) is 6.54 Å². The third-order valence-electron chi connectivity index (χ3n) is 2.78. The van der Waals surface area contributed by atoms with Gasteiger partial charge in [0.25, 0.3) is 0 Å². The number of amides is 1. The molecular formula is C13H18N2OS. The van der Waals surface area contributed by atoms with Crippen molar-refractivity contribution in [2.24, 2.45) is 11.1 Å². The maximum Gasteiger partial charge on any atom is 0.239 e. The van der Waals surface area contributed by atoms with Crippen molar-refractivity contribution >= 4 is 28.8 Å². The van der Waals surface area contributed by atoms with Gasteiger partial charge in [0.05, 0.1) is 10.4 Å². The number of benzene rings is 1. The number of carbonyl (C=O) groups excluding carboxylic acids is 1. The SMILES string of the molecule is CCN(C(=O)C(C)(C)C(N)=S)c1ccccc1. The standard InChI is InChI=1S/C13H18N2OS/c1-4-15(10-8-6-5-7-9-10)12(16)13(2,3)11(14)17/h5-9H,4H2,1-3H3,(H2,14,17). The fraction of sp³-hybridized carbons (Fsp3) is 0.385. The number of nitrogens with two attached hydrogens (primary N) is 1. The summed E-state index contributed by atoms with van der Waals surface area (Å²) in [6.07, 6.45) is 0. The van der Waals surface area contributed by atoms with Gasteiger partial charge in [-0.15, -0.1) is 0 Å². The van der Waals surface area contributed by atoms with Gasteiger partial charge in [-0.3, -0.25) is 4.79 Å². The average molecular weight is 250 g/mol. The first-order chi connectivity index (χ1) is 7.91. The molecule has 0 aliphatic rings. The van der Waals surface area contributed by atoms with E-state index >= 15 is 0 Å². The van der Waals surface area contributed by atoms with E-state index in [-0.39, 0.29) is 10.9 Å². The molecule has 17 heavy (non-hydrogen) atoms. The number of rotatable bonds is 4. The molecule has 0 spiro atoms. The molecule has 0 bridgehead atoms. The summed E-state index contributed by atoms with van der Waals surface area (Å²) in [4.78, 5) is 14.3. The second-order valence-electron chi connectivity index (χ2n) is 4.37. The van der Waals surface area contributed by atoms with Crippen molar-refractivity contribution in [3.05, 3.63) is 30.3 Å². The molecule has 0 fully saturated rings. The van der Waals surface area contributed by atoms with Gasteiger partial charge in [0.1, 0.15) is 0 Å². The predicted molar refractivity (Wildman–Crippen MR) is 75.0 cm³/mol. The normalized spacial score (nSPS) is 11.0. The van der Waals surface area contributed by atoms with Crippen molar-refractivity contribution in [3.63, 3.8) is 0 Å². The zero-order chi connectivity index (χ0) is 13.1. The van der Waals surface area contributed by atoms with Gasteiger partial charge in [0.15, 0.2) is 0 Å². The molecule has 3 nitrogen and oxygen atoms in total. The highest BCUT2D eigenvalue weighted by molar-refractivity contribution is 7.80. The number of carbonyl (C=O) groups is 1. The summed E-state index contributed by atoms with van der Waals surface area (Å²) in [5.74, 6) is -0.0706. The van der Waals surface area contributed by atoms with E-state index in [0.717, 1.165) is 5.69 Å². The van der Waals surface area contributed by atoms with E-state index in [1.54, 1.807) is 18.7 Å². The van der Waals surface area contributed by atoms with E-state index in [1.165, 1.54) is 0 Å². The summed E-state index contributed by atoms with van der Waals surface area (Å²) >= 11 is 4.96. The monoisotopic (exact) mass is 250 g/mol. The fourth-order valence-corrected chi connectivity index (χ4v) is 1.58. The van der Waals surface area contributed by atoms with Crippen LogP contribution in [0.1, 0.15) is 20.8 Å². The quantitative estimate of drug-likeness (QED) is 0.834. The van der Waals surface area contributed by atoms with Crippen LogP contribution in [0, 0.1) is 5.41 Å².